The highest BCUT2D eigenvalue weighted by Gasteiger charge is 2.46. The summed E-state index contributed by atoms with van der Waals surface area (Å²) in [5, 5.41) is 13.6. The molecule has 2 fully saturated rings. The average molecular weight is 577 g/mol. The van der Waals surface area contributed by atoms with Crippen LogP contribution in [0.2, 0.25) is 0 Å². The van der Waals surface area contributed by atoms with Crippen LogP contribution >= 0.6 is 11.3 Å². The van der Waals surface area contributed by atoms with Crippen molar-refractivity contribution in [3.8, 4) is 21.8 Å². The van der Waals surface area contributed by atoms with Crippen molar-refractivity contribution in [1.82, 2.24) is 44.6 Å². The molecule has 5 aromatic heterocycles. The molecule has 7 heterocycles. The lowest BCUT2D eigenvalue weighted by atomic mass is 9.87. The van der Waals surface area contributed by atoms with Gasteiger partial charge >= 0.3 is 0 Å². The summed E-state index contributed by atoms with van der Waals surface area (Å²) in [4.78, 5) is 32.8. The van der Waals surface area contributed by atoms with Crippen LogP contribution in [0.25, 0.3) is 27.5 Å². The van der Waals surface area contributed by atoms with Gasteiger partial charge in [-0.05, 0) is 31.7 Å². The third kappa shape index (κ3) is 3.95. The summed E-state index contributed by atoms with van der Waals surface area (Å²) >= 11 is 1.50. The number of fused-ring (bicyclic) bond motifs is 3. The molecule has 1 amide bonds. The monoisotopic (exact) mass is 576 g/mol. The highest BCUT2D eigenvalue weighted by atomic mass is 32.2. The molecule has 0 spiro atoms. The molecule has 2 unspecified atom stereocenters. The Bertz CT molecular complexity index is 1820. The van der Waals surface area contributed by atoms with Crippen LogP contribution in [0, 0.1) is 0 Å². The fourth-order valence-electron chi connectivity index (χ4n) is 6.07. The number of thiazole rings is 1. The Kier molecular flexibility index (Phi) is 5.67. The number of nitrogens with two attached hydrogens (primary N) is 1. The van der Waals surface area contributed by atoms with Gasteiger partial charge in [0.1, 0.15) is 22.0 Å². The second-order valence-corrected chi connectivity index (χ2v) is 13.0. The molecule has 0 radical (unpaired) electrons. The molecule has 3 N–H and O–H groups in total. The van der Waals surface area contributed by atoms with Crippen molar-refractivity contribution in [3.63, 3.8) is 0 Å². The number of nitrogens with zero attached hydrogens (tertiary/aromatic N) is 8. The Morgan fingerprint density at radius 1 is 1.12 bits per heavy atom. The zero-order chi connectivity index (χ0) is 27.6. The van der Waals surface area contributed by atoms with E-state index in [1.807, 2.05) is 22.4 Å². The van der Waals surface area contributed by atoms with Crippen LogP contribution in [0.1, 0.15) is 47.9 Å². The number of aromatic nitrogens is 8. The topological polar surface area (TPSA) is 178 Å². The molecule has 0 saturated carbocycles. The van der Waals surface area contributed by atoms with Crippen molar-refractivity contribution in [2.24, 2.45) is 0 Å². The second kappa shape index (κ2) is 9.16. The first-order chi connectivity index (χ1) is 19.3. The second-order valence-electron chi connectivity index (χ2n) is 10.1. The number of H-pyrrole nitrogens is 1. The Hall–Kier alpha value is -4.24. The number of carbonyl (C=O) groups is 1. The molecule has 2 atom stereocenters. The van der Waals surface area contributed by atoms with E-state index in [9.17, 15) is 13.2 Å². The molecule has 7 rings (SSSR count). The molecule has 0 aromatic carbocycles. The number of piperidine rings is 1. The third-order valence-corrected chi connectivity index (χ3v) is 9.69. The molecule has 0 aliphatic carbocycles. The van der Waals surface area contributed by atoms with Gasteiger partial charge in [-0.3, -0.25) is 14.9 Å². The molecule has 2 aliphatic rings. The summed E-state index contributed by atoms with van der Waals surface area (Å²) in [6.45, 7) is 0. The van der Waals surface area contributed by atoms with Crippen LogP contribution in [0.4, 0.5) is 5.82 Å². The van der Waals surface area contributed by atoms with Gasteiger partial charge in [0.25, 0.3) is 5.91 Å². The first-order valence-electron chi connectivity index (χ1n) is 12.7. The molecule has 15 heteroatoms. The maximum absolute atomic E-state index is 13.1. The number of hydrogen-bond donors (Lipinski definition) is 2. The summed E-state index contributed by atoms with van der Waals surface area (Å²) in [5.41, 5.74) is 9.58. The molecule has 40 heavy (non-hydrogen) atoms. The molecule has 13 nitrogen and oxygen atoms in total. The van der Waals surface area contributed by atoms with Gasteiger partial charge in [-0.1, -0.05) is 6.07 Å². The standard InChI is InChI=1S/C25H24N10O3S2/c1-40(37,38)20-19(14-8-15-3-4-16(9-14)34(15)25(36)22-29-12-30-33-22)32-23-17(11-31-35(23)21(20)26)13-2-5-18(28-10-13)24-27-6-7-39-24/h2,5-7,10-12,14-16H,3-4,8-9,26H2,1H3,(H,29,30,33). The van der Waals surface area contributed by atoms with Gasteiger partial charge < -0.3 is 10.6 Å². The number of nitrogens with one attached hydrogen (secondary N) is 1. The van der Waals surface area contributed by atoms with Gasteiger partial charge in [-0.25, -0.2) is 23.4 Å². The van der Waals surface area contributed by atoms with Crippen LogP contribution in [-0.4, -0.2) is 77.3 Å². The van der Waals surface area contributed by atoms with E-state index < -0.39 is 9.84 Å². The maximum Gasteiger partial charge on any atom is 0.291 e. The number of pyridine rings is 1. The summed E-state index contributed by atoms with van der Waals surface area (Å²) in [6, 6.07) is 3.66. The summed E-state index contributed by atoms with van der Waals surface area (Å²) in [5.74, 6) is -0.175. The number of sulfone groups is 1. The predicted octanol–water partition coefficient (Wildman–Crippen LogP) is 2.57. The summed E-state index contributed by atoms with van der Waals surface area (Å²) in [7, 11) is -3.74. The smallest absolute Gasteiger partial charge is 0.291 e. The maximum atomic E-state index is 13.1. The Morgan fingerprint density at radius 3 is 2.55 bits per heavy atom. The van der Waals surface area contributed by atoms with E-state index in [0.29, 0.717) is 29.7 Å². The fraction of sp³-hybridized carbons (Fsp3) is 0.320. The number of carbonyl (C=O) groups excluding carboxylic acids is 1. The number of nitrogen functional groups attached to an aromatic ring is 1. The number of hydrogen-bond acceptors (Lipinski definition) is 11. The lowest BCUT2D eigenvalue weighted by Crippen LogP contribution is -2.46. The highest BCUT2D eigenvalue weighted by Crippen LogP contribution is 2.45. The molecule has 204 valence electrons. The zero-order valence-corrected chi connectivity index (χ0v) is 22.9. The largest absolute Gasteiger partial charge is 0.382 e. The van der Waals surface area contributed by atoms with Gasteiger partial charge in [-0.2, -0.15) is 14.7 Å². The first-order valence-corrected chi connectivity index (χ1v) is 15.5. The van der Waals surface area contributed by atoms with E-state index in [-0.39, 0.29) is 40.4 Å². The number of aromatic amines is 1. The molecule has 2 saturated heterocycles. The number of amides is 1. The van der Waals surface area contributed by atoms with Crippen molar-refractivity contribution in [2.45, 2.75) is 48.6 Å². The van der Waals surface area contributed by atoms with Crippen LogP contribution in [0.3, 0.4) is 0 Å². The van der Waals surface area contributed by atoms with E-state index in [1.165, 1.54) is 22.2 Å². The van der Waals surface area contributed by atoms with Crippen molar-refractivity contribution < 1.29 is 13.2 Å². The minimum atomic E-state index is -3.74. The van der Waals surface area contributed by atoms with E-state index in [0.717, 1.165) is 35.4 Å². The normalized spacial score (nSPS) is 20.8. The van der Waals surface area contributed by atoms with Crippen LogP contribution in [-0.2, 0) is 9.84 Å². The molecular formula is C25H24N10O3S2. The van der Waals surface area contributed by atoms with Crippen molar-refractivity contribution in [2.75, 3.05) is 12.0 Å². The van der Waals surface area contributed by atoms with E-state index in [4.69, 9.17) is 10.7 Å². The quantitative estimate of drug-likeness (QED) is 0.316. The molecule has 2 aliphatic heterocycles. The van der Waals surface area contributed by atoms with Gasteiger partial charge in [0, 0.05) is 53.2 Å². The Labute approximate surface area is 232 Å². The summed E-state index contributed by atoms with van der Waals surface area (Å²) < 4.78 is 27.4. The van der Waals surface area contributed by atoms with Crippen molar-refractivity contribution in [3.05, 3.63) is 53.9 Å². The third-order valence-electron chi connectivity index (χ3n) is 7.73. The fourth-order valence-corrected chi connectivity index (χ4v) is 7.74. The lowest BCUT2D eigenvalue weighted by molar-refractivity contribution is 0.0556. The molecule has 5 aromatic rings. The van der Waals surface area contributed by atoms with Gasteiger partial charge in [0.15, 0.2) is 15.5 Å². The minimum Gasteiger partial charge on any atom is -0.382 e. The average Bonchev–Trinajstić information content (AvgIpc) is 3.74. The molecular weight excluding hydrogens is 552 g/mol. The van der Waals surface area contributed by atoms with Gasteiger partial charge in [0.05, 0.1) is 17.6 Å². The number of anilines is 1. The van der Waals surface area contributed by atoms with Crippen LogP contribution < -0.4 is 5.73 Å². The van der Waals surface area contributed by atoms with E-state index >= 15 is 0 Å². The lowest BCUT2D eigenvalue weighted by Gasteiger charge is -2.38. The highest BCUT2D eigenvalue weighted by molar-refractivity contribution is 7.91. The summed E-state index contributed by atoms with van der Waals surface area (Å²) in [6.07, 6.45) is 10.3. The van der Waals surface area contributed by atoms with Gasteiger partial charge in [-0.15, -0.1) is 11.3 Å². The van der Waals surface area contributed by atoms with E-state index in [1.54, 1.807) is 18.6 Å². The van der Waals surface area contributed by atoms with Crippen LogP contribution in [0.5, 0.6) is 0 Å². The van der Waals surface area contributed by atoms with Crippen LogP contribution in [0.15, 0.2) is 47.3 Å². The minimum absolute atomic E-state index is 0.00805. The SMILES string of the molecule is CS(=O)(=O)c1c(C2CC3CCC(C2)N3C(=O)c2ncn[nH]2)nc2c(-c3ccc(-c4nccs4)nc3)cnn2c1N. The Morgan fingerprint density at radius 2 is 1.93 bits per heavy atom. The van der Waals surface area contributed by atoms with E-state index in [2.05, 4.69) is 30.2 Å². The number of rotatable bonds is 5. The van der Waals surface area contributed by atoms with Gasteiger partial charge in [0.2, 0.25) is 5.82 Å². The first kappa shape index (κ1) is 24.8. The predicted molar refractivity (Wildman–Crippen MR) is 146 cm³/mol. The zero-order valence-electron chi connectivity index (χ0n) is 21.3. The van der Waals surface area contributed by atoms with Crippen molar-refractivity contribution in [1.29, 1.82) is 0 Å². The molecule has 2 bridgehead atoms. The Balaban J connectivity index is 1.29. The van der Waals surface area contributed by atoms with Crippen molar-refractivity contribution >= 4 is 38.5 Å².